The van der Waals surface area contributed by atoms with E-state index in [-0.39, 0.29) is 11.5 Å². The predicted molar refractivity (Wildman–Crippen MR) is 177 cm³/mol. The Hall–Kier alpha value is -5.46. The van der Waals surface area contributed by atoms with Crippen molar-refractivity contribution in [1.82, 2.24) is 24.5 Å². The quantitative estimate of drug-likeness (QED) is 0.161. The molecule has 2 aromatic carbocycles. The highest BCUT2D eigenvalue weighted by atomic mass is 19.4. The Morgan fingerprint density at radius 3 is 1.92 bits per heavy atom. The zero-order chi connectivity index (χ0) is 37.1. The van der Waals surface area contributed by atoms with Gasteiger partial charge in [0.05, 0.1) is 31.2 Å². The first-order chi connectivity index (χ1) is 24.7. The maximum absolute atomic E-state index is 13.2. The summed E-state index contributed by atoms with van der Waals surface area (Å²) in [6.07, 6.45) is 0.993. The van der Waals surface area contributed by atoms with Crippen LogP contribution in [0.25, 0.3) is 0 Å². The number of carbonyl (C=O) groups excluding carboxylic acids is 1. The van der Waals surface area contributed by atoms with E-state index in [1.807, 2.05) is 24.3 Å². The van der Waals surface area contributed by atoms with Crippen molar-refractivity contribution in [2.45, 2.75) is 56.7 Å². The maximum Gasteiger partial charge on any atom is 0.408 e. The fourth-order valence-electron chi connectivity index (χ4n) is 5.32. The summed E-state index contributed by atoms with van der Waals surface area (Å²) in [6.45, 7) is -1.07. The van der Waals surface area contributed by atoms with E-state index in [9.17, 15) is 31.1 Å². The molecule has 2 aromatic heterocycles. The fraction of sp³-hybridized carbons (Fsp3) is 0.389. The van der Waals surface area contributed by atoms with Crippen LogP contribution in [0.5, 0.6) is 11.5 Å². The normalized spacial score (nSPS) is 18.6. The first-order valence-corrected chi connectivity index (χ1v) is 16.5. The Morgan fingerprint density at radius 2 is 1.35 bits per heavy atom. The van der Waals surface area contributed by atoms with Crippen LogP contribution in [0.1, 0.15) is 47.9 Å². The lowest BCUT2D eigenvalue weighted by atomic mass is 9.84. The van der Waals surface area contributed by atoms with E-state index < -0.39 is 36.9 Å². The van der Waals surface area contributed by atoms with Gasteiger partial charge in [0.1, 0.15) is 24.6 Å². The van der Waals surface area contributed by atoms with Crippen LogP contribution in [0, 0.1) is 23.7 Å². The highest BCUT2D eigenvalue weighted by molar-refractivity contribution is 6.08. The second kappa shape index (κ2) is 14.6. The minimum Gasteiger partial charge on any atom is -0.493 e. The van der Waals surface area contributed by atoms with Crippen molar-refractivity contribution in [2.24, 2.45) is 22.6 Å². The van der Waals surface area contributed by atoms with Gasteiger partial charge in [0.15, 0.2) is 11.5 Å². The van der Waals surface area contributed by atoms with E-state index in [0.29, 0.717) is 35.3 Å². The van der Waals surface area contributed by atoms with Crippen molar-refractivity contribution in [2.75, 3.05) is 20.3 Å². The number of benzene rings is 2. The third-order valence-electron chi connectivity index (χ3n) is 8.41. The van der Waals surface area contributed by atoms with Crippen molar-refractivity contribution >= 4 is 11.9 Å². The fourth-order valence-corrected chi connectivity index (χ4v) is 5.32. The smallest absolute Gasteiger partial charge is 0.408 e. The first-order valence-electron chi connectivity index (χ1n) is 16.5. The van der Waals surface area contributed by atoms with Crippen molar-refractivity contribution in [3.63, 3.8) is 0 Å². The SMILES string of the molecule is CN1C(=O)C(c2cccc(OCC3CC3)c2)(c2cnn(CC(F)(F)F)c2)N=C1N.FC(F)(F)Cn1cc(C#Cc2cccc(OCC3CC3)c2)cn1. The summed E-state index contributed by atoms with van der Waals surface area (Å²) in [5.41, 5.74) is 6.13. The molecule has 7 rings (SSSR count). The molecule has 2 N–H and O–H groups in total. The van der Waals surface area contributed by atoms with Crippen molar-refractivity contribution in [1.29, 1.82) is 0 Å². The van der Waals surface area contributed by atoms with E-state index >= 15 is 0 Å². The Balaban J connectivity index is 0.000000183. The third kappa shape index (κ3) is 9.45. The molecule has 274 valence electrons. The number of amides is 1. The number of rotatable bonds is 10. The van der Waals surface area contributed by atoms with Crippen LogP contribution in [0.2, 0.25) is 0 Å². The average molecular weight is 728 g/mol. The van der Waals surface area contributed by atoms with E-state index in [2.05, 4.69) is 27.0 Å². The Morgan fingerprint density at radius 1 is 0.788 bits per heavy atom. The van der Waals surface area contributed by atoms with E-state index in [0.717, 1.165) is 40.1 Å². The Kier molecular flexibility index (Phi) is 10.2. The lowest BCUT2D eigenvalue weighted by molar-refractivity contribution is -0.143. The van der Waals surface area contributed by atoms with Gasteiger partial charge in [0.25, 0.3) is 5.91 Å². The molecule has 0 radical (unpaired) electrons. The summed E-state index contributed by atoms with van der Waals surface area (Å²) in [7, 11) is 1.47. The van der Waals surface area contributed by atoms with E-state index in [4.69, 9.17) is 15.2 Å². The van der Waals surface area contributed by atoms with Gasteiger partial charge in [-0.25, -0.2) is 4.99 Å². The molecule has 2 saturated carbocycles. The molecule has 3 heterocycles. The van der Waals surface area contributed by atoms with Crippen LogP contribution < -0.4 is 15.2 Å². The van der Waals surface area contributed by atoms with Gasteiger partial charge in [-0.1, -0.05) is 30.0 Å². The van der Waals surface area contributed by atoms with E-state index in [1.54, 1.807) is 24.3 Å². The summed E-state index contributed by atoms with van der Waals surface area (Å²) in [5, 5.41) is 7.43. The largest absolute Gasteiger partial charge is 0.493 e. The molecule has 1 unspecified atom stereocenters. The predicted octanol–water partition coefficient (Wildman–Crippen LogP) is 5.90. The second-order valence-electron chi connectivity index (χ2n) is 12.9. The number of hydrogen-bond acceptors (Lipinski definition) is 7. The molecule has 52 heavy (non-hydrogen) atoms. The van der Waals surface area contributed by atoms with Crippen LogP contribution in [0.4, 0.5) is 26.3 Å². The highest BCUT2D eigenvalue weighted by Gasteiger charge is 2.50. The molecular weight excluding hydrogens is 692 g/mol. The summed E-state index contributed by atoms with van der Waals surface area (Å²) in [6, 6.07) is 14.2. The van der Waals surface area contributed by atoms with E-state index in [1.165, 1.54) is 49.6 Å². The van der Waals surface area contributed by atoms with Gasteiger partial charge in [-0.05, 0) is 73.4 Å². The topological polar surface area (TPSA) is 113 Å². The average Bonchev–Trinajstić information content (AvgIpc) is 4.00. The number of halogens is 6. The number of nitrogens with zero attached hydrogens (tertiary/aromatic N) is 6. The van der Waals surface area contributed by atoms with Crippen molar-refractivity contribution < 1.29 is 40.6 Å². The molecular formula is C36H35F6N7O3. The van der Waals surface area contributed by atoms with Crippen LogP contribution in [0.3, 0.4) is 0 Å². The minimum atomic E-state index is -4.44. The minimum absolute atomic E-state index is 0.0251. The molecule has 16 heteroatoms. The number of carbonyl (C=O) groups is 1. The van der Waals surface area contributed by atoms with Gasteiger partial charge in [0, 0.05) is 30.6 Å². The standard InChI is InChI=1S/C19H20F3N5O2.C17H15F3N2O/c1-26-16(28)19(25-17(26)23,14-8-24-27(9-14)11-18(20,21)22)13-3-2-4-15(7-13)29-10-12-5-6-12;18-17(19,20)12-22-10-15(9-21-22)7-4-13-2-1-3-16(8-13)23-11-14-5-6-14/h2-4,7-9,12H,5-6,10-11H2,1H3,(H2,23,25);1-3,8-10,14H,5-6,11-12H2. The monoisotopic (exact) mass is 727 g/mol. The lowest BCUT2D eigenvalue weighted by Gasteiger charge is -2.24. The number of alkyl halides is 6. The number of aliphatic imine (C=N–C) groups is 1. The third-order valence-corrected chi connectivity index (χ3v) is 8.41. The van der Waals surface area contributed by atoms with Crippen molar-refractivity contribution in [3.8, 4) is 23.3 Å². The molecule has 1 atom stereocenters. The van der Waals surface area contributed by atoms with Gasteiger partial charge in [0.2, 0.25) is 0 Å². The molecule has 2 aliphatic carbocycles. The molecule has 4 aromatic rings. The second-order valence-corrected chi connectivity index (χ2v) is 12.9. The molecule has 0 saturated heterocycles. The van der Waals surface area contributed by atoms with Crippen LogP contribution in [-0.2, 0) is 23.4 Å². The van der Waals surface area contributed by atoms with Gasteiger partial charge in [-0.15, -0.1) is 0 Å². The van der Waals surface area contributed by atoms with Gasteiger partial charge < -0.3 is 15.2 Å². The summed E-state index contributed by atoms with van der Waals surface area (Å²) in [4.78, 5) is 18.7. The maximum atomic E-state index is 13.2. The van der Waals surface area contributed by atoms with Gasteiger partial charge >= 0.3 is 12.4 Å². The number of guanidine groups is 1. The highest BCUT2D eigenvalue weighted by Crippen LogP contribution is 2.41. The molecule has 1 amide bonds. The summed E-state index contributed by atoms with van der Waals surface area (Å²) >= 11 is 0. The summed E-state index contributed by atoms with van der Waals surface area (Å²) < 4.78 is 88.1. The molecule has 0 spiro atoms. The number of ether oxygens (including phenoxy) is 2. The molecule has 0 bridgehead atoms. The Bertz CT molecular complexity index is 1990. The Labute approximate surface area is 295 Å². The molecule has 10 nitrogen and oxygen atoms in total. The number of hydrogen-bond donors (Lipinski definition) is 1. The van der Waals surface area contributed by atoms with Crippen molar-refractivity contribution in [3.05, 3.63) is 95.6 Å². The first kappa shape index (κ1) is 36.3. The van der Waals surface area contributed by atoms with Crippen LogP contribution >= 0.6 is 0 Å². The summed E-state index contributed by atoms with van der Waals surface area (Å²) in [5.74, 6) is 7.77. The lowest BCUT2D eigenvalue weighted by Crippen LogP contribution is -2.41. The number of aromatic nitrogens is 4. The zero-order valence-electron chi connectivity index (χ0n) is 28.0. The van der Waals surface area contributed by atoms with Gasteiger partial charge in [-0.3, -0.25) is 19.1 Å². The molecule has 2 fully saturated rings. The van der Waals surface area contributed by atoms with Gasteiger partial charge in [-0.2, -0.15) is 36.5 Å². The molecule has 3 aliphatic rings. The number of likely N-dealkylation sites (N-methyl/N-ethyl adjacent to an activating group) is 1. The zero-order valence-corrected chi connectivity index (χ0v) is 28.0. The number of nitrogens with two attached hydrogens (primary N) is 1. The van der Waals surface area contributed by atoms with Crippen LogP contribution in [0.15, 0.2) is 78.3 Å². The van der Waals surface area contributed by atoms with Crippen LogP contribution in [-0.4, -0.2) is 68.9 Å². The molecule has 1 aliphatic heterocycles.